The average molecular weight is 491 g/mol. The lowest BCUT2D eigenvalue weighted by atomic mass is 10.0. The lowest BCUT2D eigenvalue weighted by molar-refractivity contribution is 0.0644. The molecule has 2 aromatic carbocycles. The summed E-state index contributed by atoms with van der Waals surface area (Å²) in [6, 6.07) is 13.8. The Balaban J connectivity index is 1.39. The standard InChI is InChI=1S/C24H31ClN4O3S/c1-2-27-15-17-29(18-16-27)24(30)22-5-3-4-6-23(22)28-13-11-20(12-14-28)26-33(31,32)21-9-7-19(25)8-10-21/h3-10,20,26H,2,11-18H2,1H3. The first-order valence-corrected chi connectivity index (χ1v) is 13.4. The number of hydrogen-bond donors (Lipinski definition) is 1. The first kappa shape index (κ1) is 24.0. The van der Waals surface area contributed by atoms with Crippen molar-refractivity contribution in [2.24, 2.45) is 0 Å². The van der Waals surface area contributed by atoms with E-state index >= 15 is 0 Å². The number of anilines is 1. The van der Waals surface area contributed by atoms with Crippen LogP contribution in [-0.2, 0) is 10.0 Å². The number of benzene rings is 2. The van der Waals surface area contributed by atoms with Gasteiger partial charge in [-0.3, -0.25) is 4.79 Å². The summed E-state index contributed by atoms with van der Waals surface area (Å²) < 4.78 is 28.2. The zero-order valence-corrected chi connectivity index (χ0v) is 20.5. The summed E-state index contributed by atoms with van der Waals surface area (Å²) in [5.74, 6) is 0.0758. The van der Waals surface area contributed by atoms with Crippen LogP contribution in [-0.4, -0.2) is 76.0 Å². The van der Waals surface area contributed by atoms with Gasteiger partial charge in [-0.25, -0.2) is 13.1 Å². The summed E-state index contributed by atoms with van der Waals surface area (Å²) in [6.07, 6.45) is 1.34. The molecular weight excluding hydrogens is 460 g/mol. The minimum atomic E-state index is -3.59. The van der Waals surface area contributed by atoms with Gasteiger partial charge in [0.05, 0.1) is 10.5 Å². The third-order valence-corrected chi connectivity index (χ3v) is 8.31. The molecular formula is C24H31ClN4O3S. The van der Waals surface area contributed by atoms with Gasteiger partial charge < -0.3 is 14.7 Å². The molecule has 0 spiro atoms. The Labute approximate surface area is 201 Å². The molecule has 178 valence electrons. The van der Waals surface area contributed by atoms with E-state index in [1.54, 1.807) is 12.1 Å². The van der Waals surface area contributed by atoms with E-state index in [1.807, 2.05) is 29.2 Å². The second kappa shape index (κ2) is 10.4. The van der Waals surface area contributed by atoms with E-state index in [0.29, 0.717) is 31.0 Å². The van der Waals surface area contributed by atoms with Crippen LogP contribution < -0.4 is 9.62 Å². The van der Waals surface area contributed by atoms with Gasteiger partial charge in [0.1, 0.15) is 0 Å². The van der Waals surface area contributed by atoms with Gasteiger partial charge in [-0.1, -0.05) is 30.7 Å². The molecule has 1 N–H and O–H groups in total. The van der Waals surface area contributed by atoms with Crippen molar-refractivity contribution < 1.29 is 13.2 Å². The molecule has 4 rings (SSSR count). The van der Waals surface area contributed by atoms with Crippen molar-refractivity contribution in [3.05, 3.63) is 59.1 Å². The number of likely N-dealkylation sites (N-methyl/N-ethyl adjacent to an activating group) is 1. The molecule has 0 unspecified atom stereocenters. The van der Waals surface area contributed by atoms with E-state index < -0.39 is 10.0 Å². The Bertz CT molecular complexity index is 1060. The minimum absolute atomic E-state index is 0.0758. The van der Waals surface area contributed by atoms with E-state index in [9.17, 15) is 13.2 Å². The summed E-state index contributed by atoms with van der Waals surface area (Å²) in [6.45, 7) is 7.82. The molecule has 2 aromatic rings. The van der Waals surface area contributed by atoms with E-state index in [2.05, 4.69) is 21.4 Å². The summed E-state index contributed by atoms with van der Waals surface area (Å²) in [5, 5.41) is 0.503. The van der Waals surface area contributed by atoms with Gasteiger partial charge in [-0.2, -0.15) is 0 Å². The van der Waals surface area contributed by atoms with E-state index in [1.165, 1.54) is 12.1 Å². The molecule has 0 aromatic heterocycles. The molecule has 2 aliphatic rings. The van der Waals surface area contributed by atoms with Crippen molar-refractivity contribution >= 4 is 33.2 Å². The largest absolute Gasteiger partial charge is 0.371 e. The van der Waals surface area contributed by atoms with Gasteiger partial charge in [-0.05, 0) is 55.8 Å². The van der Waals surface area contributed by atoms with Gasteiger partial charge in [0, 0.05) is 56.0 Å². The highest BCUT2D eigenvalue weighted by atomic mass is 35.5. The van der Waals surface area contributed by atoms with Crippen molar-refractivity contribution in [3.63, 3.8) is 0 Å². The molecule has 2 fully saturated rings. The second-order valence-electron chi connectivity index (χ2n) is 8.58. The number of nitrogens with zero attached hydrogens (tertiary/aromatic N) is 3. The van der Waals surface area contributed by atoms with Crippen molar-refractivity contribution in [2.45, 2.75) is 30.7 Å². The van der Waals surface area contributed by atoms with Crippen LogP contribution >= 0.6 is 11.6 Å². The number of rotatable bonds is 6. The number of carbonyl (C=O) groups is 1. The number of sulfonamides is 1. The Hall–Kier alpha value is -2.13. The van der Waals surface area contributed by atoms with Crippen molar-refractivity contribution in [1.29, 1.82) is 0 Å². The number of carbonyl (C=O) groups excluding carboxylic acids is 1. The molecule has 2 saturated heterocycles. The number of hydrogen-bond acceptors (Lipinski definition) is 5. The van der Waals surface area contributed by atoms with Crippen LogP contribution in [0.25, 0.3) is 0 Å². The van der Waals surface area contributed by atoms with E-state index in [-0.39, 0.29) is 16.8 Å². The molecule has 7 nitrogen and oxygen atoms in total. The zero-order chi connectivity index (χ0) is 23.4. The normalized spacial score (nSPS) is 18.5. The predicted molar refractivity (Wildman–Crippen MR) is 131 cm³/mol. The van der Waals surface area contributed by atoms with Crippen molar-refractivity contribution in [3.8, 4) is 0 Å². The third-order valence-electron chi connectivity index (χ3n) is 6.52. The maximum Gasteiger partial charge on any atom is 0.256 e. The average Bonchev–Trinajstić information content (AvgIpc) is 2.84. The topological polar surface area (TPSA) is 73.0 Å². The quantitative estimate of drug-likeness (QED) is 0.673. The van der Waals surface area contributed by atoms with Crippen LogP contribution in [0, 0.1) is 0 Å². The van der Waals surface area contributed by atoms with Crippen molar-refractivity contribution in [1.82, 2.24) is 14.5 Å². The molecule has 0 atom stereocenters. The Morgan fingerprint density at radius 3 is 2.24 bits per heavy atom. The molecule has 0 aliphatic carbocycles. The molecule has 2 aliphatic heterocycles. The van der Waals surface area contributed by atoms with Crippen LogP contribution in [0.2, 0.25) is 5.02 Å². The van der Waals surface area contributed by atoms with Crippen LogP contribution in [0.3, 0.4) is 0 Å². The highest BCUT2D eigenvalue weighted by molar-refractivity contribution is 7.89. The highest BCUT2D eigenvalue weighted by Crippen LogP contribution is 2.26. The smallest absolute Gasteiger partial charge is 0.256 e. The molecule has 2 heterocycles. The maximum atomic E-state index is 13.3. The van der Waals surface area contributed by atoms with Crippen LogP contribution in [0.1, 0.15) is 30.1 Å². The number of amides is 1. The van der Waals surface area contributed by atoms with Gasteiger partial charge in [0.25, 0.3) is 5.91 Å². The number of halogens is 1. The SMILES string of the molecule is CCN1CCN(C(=O)c2ccccc2N2CCC(NS(=O)(=O)c3ccc(Cl)cc3)CC2)CC1. The van der Waals surface area contributed by atoms with Crippen LogP contribution in [0.5, 0.6) is 0 Å². The molecule has 33 heavy (non-hydrogen) atoms. The monoisotopic (exact) mass is 490 g/mol. The van der Waals surface area contributed by atoms with E-state index in [0.717, 1.165) is 44.0 Å². The van der Waals surface area contributed by atoms with Crippen molar-refractivity contribution in [2.75, 3.05) is 50.7 Å². The number of nitrogens with one attached hydrogen (secondary N) is 1. The Morgan fingerprint density at radius 2 is 1.61 bits per heavy atom. The minimum Gasteiger partial charge on any atom is -0.371 e. The molecule has 1 amide bonds. The first-order valence-electron chi connectivity index (χ1n) is 11.5. The fraction of sp³-hybridized carbons (Fsp3) is 0.458. The molecule has 0 saturated carbocycles. The van der Waals surface area contributed by atoms with Crippen LogP contribution in [0.15, 0.2) is 53.4 Å². The summed E-state index contributed by atoms with van der Waals surface area (Å²) in [5.41, 5.74) is 1.65. The van der Waals surface area contributed by atoms with Gasteiger partial charge in [0.2, 0.25) is 10.0 Å². The predicted octanol–water partition coefficient (Wildman–Crippen LogP) is 3.07. The summed E-state index contributed by atoms with van der Waals surface area (Å²) in [7, 11) is -3.59. The van der Waals surface area contributed by atoms with Gasteiger partial charge in [-0.15, -0.1) is 0 Å². The highest BCUT2D eigenvalue weighted by Gasteiger charge is 2.28. The molecule has 9 heteroatoms. The van der Waals surface area contributed by atoms with Crippen LogP contribution in [0.4, 0.5) is 5.69 Å². The summed E-state index contributed by atoms with van der Waals surface area (Å²) in [4.78, 5) is 20.0. The zero-order valence-electron chi connectivity index (χ0n) is 18.9. The fourth-order valence-electron chi connectivity index (χ4n) is 4.51. The first-order chi connectivity index (χ1) is 15.9. The number of piperidine rings is 1. The Morgan fingerprint density at radius 1 is 0.970 bits per heavy atom. The second-order valence-corrected chi connectivity index (χ2v) is 10.7. The molecule has 0 radical (unpaired) electrons. The molecule has 0 bridgehead atoms. The fourth-order valence-corrected chi connectivity index (χ4v) is 5.94. The van der Waals surface area contributed by atoms with E-state index in [4.69, 9.17) is 11.6 Å². The number of piperazine rings is 1. The third kappa shape index (κ3) is 5.69. The number of para-hydroxylation sites is 1. The lowest BCUT2D eigenvalue weighted by Gasteiger charge is -2.37. The Kier molecular flexibility index (Phi) is 7.58. The van der Waals surface area contributed by atoms with Gasteiger partial charge >= 0.3 is 0 Å². The van der Waals surface area contributed by atoms with Gasteiger partial charge in [0.15, 0.2) is 0 Å². The maximum absolute atomic E-state index is 13.3. The lowest BCUT2D eigenvalue weighted by Crippen LogP contribution is -2.49. The summed E-state index contributed by atoms with van der Waals surface area (Å²) >= 11 is 5.88.